The molecule has 0 aliphatic carbocycles. The molecule has 1 aliphatic rings. The van der Waals surface area contributed by atoms with Crippen LogP contribution in [0.25, 0.3) is 38.9 Å². The summed E-state index contributed by atoms with van der Waals surface area (Å²) in [6, 6.07) is 13.3. The second kappa shape index (κ2) is 6.80. The number of rotatable bonds is 3. The largest absolute Gasteiger partial charge is 0.486 e. The van der Waals surface area contributed by atoms with Gasteiger partial charge in [-0.2, -0.15) is 0 Å². The van der Waals surface area contributed by atoms with Crippen LogP contribution >= 0.6 is 0 Å². The highest BCUT2D eigenvalue weighted by Gasteiger charge is 2.22. The van der Waals surface area contributed by atoms with Gasteiger partial charge in [-0.25, -0.2) is 15.0 Å². The monoisotopic (exact) mass is 413 g/mol. The second-order valence-electron chi connectivity index (χ2n) is 7.49. The molecule has 1 aliphatic heterocycles. The first kappa shape index (κ1) is 17.9. The maximum absolute atomic E-state index is 13.3. The van der Waals surface area contributed by atoms with Crippen molar-refractivity contribution in [2.24, 2.45) is 0 Å². The summed E-state index contributed by atoms with van der Waals surface area (Å²) in [5.74, 6) is 1.36. The van der Waals surface area contributed by atoms with Crippen LogP contribution < -0.4 is 15.0 Å². The summed E-state index contributed by atoms with van der Waals surface area (Å²) >= 11 is 0. The molecule has 3 aromatic heterocycles. The fourth-order valence-corrected chi connectivity index (χ4v) is 4.09. The van der Waals surface area contributed by atoms with Crippen molar-refractivity contribution in [3.05, 3.63) is 59.1 Å². The van der Waals surface area contributed by atoms with E-state index in [1.165, 1.54) is 0 Å². The number of aromatic nitrogens is 5. The van der Waals surface area contributed by atoms with Crippen LogP contribution in [-0.2, 0) is 6.54 Å². The van der Waals surface area contributed by atoms with Crippen LogP contribution in [0.15, 0.2) is 53.6 Å². The van der Waals surface area contributed by atoms with Crippen LogP contribution in [0.3, 0.4) is 0 Å². The highest BCUT2D eigenvalue weighted by atomic mass is 16.6. The first-order valence-electron chi connectivity index (χ1n) is 10.3. The summed E-state index contributed by atoms with van der Waals surface area (Å²) in [5.41, 5.74) is 3.83. The topological polar surface area (TPSA) is 84.1 Å². The van der Waals surface area contributed by atoms with E-state index in [1.54, 1.807) is 10.9 Å². The molecule has 2 aromatic carbocycles. The quantitative estimate of drug-likeness (QED) is 0.450. The molecule has 0 spiro atoms. The van der Waals surface area contributed by atoms with Crippen molar-refractivity contribution in [3.63, 3.8) is 0 Å². The molecule has 0 N–H and O–H groups in total. The number of para-hydroxylation sites is 2. The van der Waals surface area contributed by atoms with Gasteiger partial charge in [-0.05, 0) is 30.7 Å². The van der Waals surface area contributed by atoms with Gasteiger partial charge in [0.1, 0.15) is 24.1 Å². The van der Waals surface area contributed by atoms with Crippen LogP contribution in [0.1, 0.15) is 13.3 Å². The predicted molar refractivity (Wildman–Crippen MR) is 117 cm³/mol. The molecule has 0 unspecified atom stereocenters. The minimum atomic E-state index is -0.113. The Balaban J connectivity index is 1.74. The summed E-state index contributed by atoms with van der Waals surface area (Å²) in [6.07, 6.45) is 2.43. The molecular weight excluding hydrogens is 394 g/mol. The van der Waals surface area contributed by atoms with E-state index in [1.807, 2.05) is 54.0 Å². The number of aryl methyl sites for hydroxylation is 1. The lowest BCUT2D eigenvalue weighted by atomic mass is 10.2. The number of hydrogen-bond acceptors (Lipinski definition) is 6. The van der Waals surface area contributed by atoms with Gasteiger partial charge < -0.3 is 9.47 Å². The zero-order valence-corrected chi connectivity index (χ0v) is 16.9. The predicted octanol–water partition coefficient (Wildman–Crippen LogP) is 3.46. The molecule has 0 radical (unpaired) electrons. The lowest BCUT2D eigenvalue weighted by Gasteiger charge is -2.19. The fourth-order valence-electron chi connectivity index (χ4n) is 4.09. The maximum atomic E-state index is 13.3. The molecule has 0 fully saturated rings. The molecule has 0 bridgehead atoms. The number of fused-ring (bicyclic) bond motifs is 5. The van der Waals surface area contributed by atoms with Crippen LogP contribution in [0.5, 0.6) is 11.5 Å². The van der Waals surface area contributed by atoms with Gasteiger partial charge in [0.25, 0.3) is 5.56 Å². The molecule has 6 rings (SSSR count). The number of hydrogen-bond donors (Lipinski definition) is 0. The van der Waals surface area contributed by atoms with E-state index in [9.17, 15) is 4.79 Å². The SMILES string of the molecule is CCCn1cnc2c(c1=O)c1nc3ccccc3nc1n2-c1ccc2c(c1)OCCO2. The lowest BCUT2D eigenvalue weighted by molar-refractivity contribution is 0.171. The molecular formula is C23H19N5O3. The van der Waals surface area contributed by atoms with Gasteiger partial charge in [-0.1, -0.05) is 19.1 Å². The van der Waals surface area contributed by atoms with E-state index >= 15 is 0 Å². The van der Waals surface area contributed by atoms with Crippen molar-refractivity contribution >= 4 is 33.2 Å². The fraction of sp³-hybridized carbons (Fsp3) is 0.217. The Bertz CT molecular complexity index is 1540. The Morgan fingerprint density at radius 2 is 1.74 bits per heavy atom. The molecule has 0 atom stereocenters. The van der Waals surface area contributed by atoms with Gasteiger partial charge >= 0.3 is 0 Å². The van der Waals surface area contributed by atoms with E-state index < -0.39 is 0 Å². The third-order valence-corrected chi connectivity index (χ3v) is 5.48. The Kier molecular flexibility index (Phi) is 3.92. The highest BCUT2D eigenvalue weighted by Crippen LogP contribution is 2.35. The smallest absolute Gasteiger partial charge is 0.265 e. The van der Waals surface area contributed by atoms with E-state index in [2.05, 4.69) is 4.98 Å². The standard InChI is InChI=1S/C23H19N5O3/c1-2-9-27-13-24-21-19(23(27)29)20-22(26-16-6-4-3-5-15(16)25-20)28(21)14-7-8-17-18(12-14)31-11-10-30-17/h3-8,12-13H,2,9-11H2,1H3. The van der Waals surface area contributed by atoms with E-state index in [0.29, 0.717) is 53.5 Å². The Labute approximate surface area is 176 Å². The van der Waals surface area contributed by atoms with Gasteiger partial charge in [-0.15, -0.1) is 0 Å². The lowest BCUT2D eigenvalue weighted by Crippen LogP contribution is -2.20. The van der Waals surface area contributed by atoms with Crippen LogP contribution in [0.4, 0.5) is 0 Å². The van der Waals surface area contributed by atoms with Crippen molar-refractivity contribution in [1.29, 1.82) is 0 Å². The van der Waals surface area contributed by atoms with Gasteiger partial charge in [0.15, 0.2) is 22.8 Å². The van der Waals surface area contributed by atoms with Gasteiger partial charge in [0, 0.05) is 12.6 Å². The molecule has 5 aromatic rings. The zero-order chi connectivity index (χ0) is 20.9. The number of nitrogens with zero attached hydrogens (tertiary/aromatic N) is 5. The minimum Gasteiger partial charge on any atom is -0.486 e. The molecule has 8 heteroatoms. The van der Waals surface area contributed by atoms with Crippen LogP contribution in [0.2, 0.25) is 0 Å². The van der Waals surface area contributed by atoms with Gasteiger partial charge in [0.05, 0.1) is 23.0 Å². The zero-order valence-electron chi connectivity index (χ0n) is 16.9. The Morgan fingerprint density at radius 3 is 2.55 bits per heavy atom. The summed E-state index contributed by atoms with van der Waals surface area (Å²) in [6.45, 7) is 3.65. The third kappa shape index (κ3) is 2.68. The van der Waals surface area contributed by atoms with Crippen LogP contribution in [-0.4, -0.2) is 37.3 Å². The van der Waals surface area contributed by atoms with E-state index in [4.69, 9.17) is 19.4 Å². The maximum Gasteiger partial charge on any atom is 0.265 e. The van der Waals surface area contributed by atoms with Crippen LogP contribution in [0, 0.1) is 0 Å². The first-order valence-corrected chi connectivity index (χ1v) is 10.3. The Morgan fingerprint density at radius 1 is 0.968 bits per heavy atom. The second-order valence-corrected chi connectivity index (χ2v) is 7.49. The summed E-state index contributed by atoms with van der Waals surface area (Å²) in [4.78, 5) is 27.7. The molecule has 0 amide bonds. The first-order chi connectivity index (χ1) is 15.2. The summed E-state index contributed by atoms with van der Waals surface area (Å²) in [7, 11) is 0. The van der Waals surface area contributed by atoms with Gasteiger partial charge in [-0.3, -0.25) is 13.9 Å². The van der Waals surface area contributed by atoms with Crippen molar-refractivity contribution in [2.45, 2.75) is 19.9 Å². The molecule has 0 saturated carbocycles. The molecule has 31 heavy (non-hydrogen) atoms. The van der Waals surface area contributed by atoms with E-state index in [-0.39, 0.29) is 5.56 Å². The van der Waals surface area contributed by atoms with Crippen molar-refractivity contribution in [2.75, 3.05) is 13.2 Å². The molecule has 8 nitrogen and oxygen atoms in total. The minimum absolute atomic E-state index is 0.113. The normalized spacial score (nSPS) is 13.3. The third-order valence-electron chi connectivity index (χ3n) is 5.48. The molecule has 0 saturated heterocycles. The van der Waals surface area contributed by atoms with Crippen molar-refractivity contribution < 1.29 is 9.47 Å². The molecule has 4 heterocycles. The average molecular weight is 413 g/mol. The average Bonchev–Trinajstić information content (AvgIpc) is 3.13. The highest BCUT2D eigenvalue weighted by molar-refractivity contribution is 6.05. The molecule has 154 valence electrons. The number of ether oxygens (including phenoxy) is 2. The van der Waals surface area contributed by atoms with Crippen molar-refractivity contribution in [3.8, 4) is 17.2 Å². The summed E-state index contributed by atoms with van der Waals surface area (Å²) < 4.78 is 14.9. The van der Waals surface area contributed by atoms with Gasteiger partial charge in [0.2, 0.25) is 0 Å². The Hall–Kier alpha value is -3.94. The number of benzene rings is 2. The summed E-state index contributed by atoms with van der Waals surface area (Å²) in [5, 5.41) is 0.471. The van der Waals surface area contributed by atoms with E-state index in [0.717, 1.165) is 23.1 Å². The van der Waals surface area contributed by atoms with Crippen molar-refractivity contribution in [1.82, 2.24) is 24.1 Å².